The molecule has 6 nitrogen and oxygen atoms in total. The normalized spacial score (nSPS) is 11.6. The SMILES string of the molecule is CCN(CC)CCN(C(=O)CCS(=O)(=O)c1ccc(F)cc1)c1nc2cc(C)c(C)cc2s1.Cl. The topological polar surface area (TPSA) is 70.6 Å². The lowest BCUT2D eigenvalue weighted by Gasteiger charge is -2.24. The number of nitrogens with zero attached hydrogens (tertiary/aromatic N) is 3. The Morgan fingerprint density at radius 2 is 1.65 bits per heavy atom. The average Bonchev–Trinajstić information content (AvgIpc) is 3.18. The molecule has 2 aromatic carbocycles. The van der Waals surface area contributed by atoms with Gasteiger partial charge in [0, 0.05) is 19.5 Å². The third-order valence-corrected chi connectivity index (χ3v) is 8.59. The summed E-state index contributed by atoms with van der Waals surface area (Å²) >= 11 is 1.44. The standard InChI is InChI=1S/C24H30FN3O3S2.ClH/c1-5-27(6-2)12-13-28(24-26-21-15-17(3)18(4)16-22(21)32-24)23(29)11-14-33(30,31)20-9-7-19(25)8-10-20;/h7-10,15-16H,5-6,11-14H2,1-4H3;1H. The summed E-state index contributed by atoms with van der Waals surface area (Å²) in [5, 5.41) is 0.575. The Morgan fingerprint density at radius 1 is 1.03 bits per heavy atom. The van der Waals surface area contributed by atoms with Gasteiger partial charge in [0.15, 0.2) is 15.0 Å². The van der Waals surface area contributed by atoms with Crippen LogP contribution in [0.4, 0.5) is 9.52 Å². The first-order valence-corrected chi connectivity index (χ1v) is 13.5. The van der Waals surface area contributed by atoms with Crippen molar-refractivity contribution in [1.29, 1.82) is 0 Å². The van der Waals surface area contributed by atoms with E-state index in [1.54, 1.807) is 4.90 Å². The average molecular weight is 528 g/mol. The molecule has 1 aromatic heterocycles. The van der Waals surface area contributed by atoms with Crippen LogP contribution in [0.3, 0.4) is 0 Å². The van der Waals surface area contributed by atoms with Crippen molar-refractivity contribution >= 4 is 54.8 Å². The maximum atomic E-state index is 13.2. The number of thiazole rings is 1. The minimum atomic E-state index is -3.71. The summed E-state index contributed by atoms with van der Waals surface area (Å²) in [5.41, 5.74) is 3.12. The zero-order valence-electron chi connectivity index (χ0n) is 19.9. The molecule has 0 saturated carbocycles. The Bertz CT molecular complexity index is 1190. The highest BCUT2D eigenvalue weighted by atomic mass is 35.5. The summed E-state index contributed by atoms with van der Waals surface area (Å²) in [6.45, 7) is 11.0. The van der Waals surface area contributed by atoms with Gasteiger partial charge in [0.1, 0.15) is 5.82 Å². The van der Waals surface area contributed by atoms with Crippen LogP contribution in [0.2, 0.25) is 0 Å². The number of amides is 1. The van der Waals surface area contributed by atoms with E-state index in [-0.39, 0.29) is 35.4 Å². The number of anilines is 1. The number of rotatable bonds is 10. The minimum Gasteiger partial charge on any atom is -0.302 e. The van der Waals surface area contributed by atoms with E-state index < -0.39 is 15.7 Å². The van der Waals surface area contributed by atoms with Crippen LogP contribution < -0.4 is 4.90 Å². The van der Waals surface area contributed by atoms with Crippen LogP contribution in [0.5, 0.6) is 0 Å². The molecule has 0 unspecified atom stereocenters. The molecule has 0 fully saturated rings. The predicted molar refractivity (Wildman–Crippen MR) is 140 cm³/mol. The monoisotopic (exact) mass is 527 g/mol. The number of sulfone groups is 1. The Labute approximate surface area is 211 Å². The number of aryl methyl sites for hydroxylation is 2. The molecule has 0 N–H and O–H groups in total. The van der Waals surface area contributed by atoms with Crippen LogP contribution in [0.25, 0.3) is 10.2 Å². The van der Waals surface area contributed by atoms with Gasteiger partial charge >= 0.3 is 0 Å². The van der Waals surface area contributed by atoms with Crippen molar-refractivity contribution in [3.8, 4) is 0 Å². The number of aromatic nitrogens is 1. The van der Waals surface area contributed by atoms with E-state index >= 15 is 0 Å². The number of fused-ring (bicyclic) bond motifs is 1. The van der Waals surface area contributed by atoms with Crippen molar-refractivity contribution in [2.45, 2.75) is 39.0 Å². The Morgan fingerprint density at radius 3 is 2.26 bits per heavy atom. The van der Waals surface area contributed by atoms with Gasteiger partial charge in [-0.15, -0.1) is 12.4 Å². The maximum Gasteiger partial charge on any atom is 0.229 e. The fourth-order valence-electron chi connectivity index (χ4n) is 3.51. The zero-order chi connectivity index (χ0) is 24.2. The number of hydrogen-bond donors (Lipinski definition) is 0. The number of benzene rings is 2. The Kier molecular flexibility index (Phi) is 9.99. The second-order valence-electron chi connectivity index (χ2n) is 8.00. The largest absolute Gasteiger partial charge is 0.302 e. The second kappa shape index (κ2) is 12.1. The summed E-state index contributed by atoms with van der Waals surface area (Å²) in [5.74, 6) is -1.14. The van der Waals surface area contributed by atoms with Gasteiger partial charge in [-0.05, 0) is 74.5 Å². The number of halogens is 2. The van der Waals surface area contributed by atoms with E-state index in [0.29, 0.717) is 18.2 Å². The second-order valence-corrected chi connectivity index (χ2v) is 11.1. The van der Waals surface area contributed by atoms with Crippen LogP contribution in [0, 0.1) is 19.7 Å². The molecular weight excluding hydrogens is 497 g/mol. The number of carbonyl (C=O) groups is 1. The number of carbonyl (C=O) groups excluding carboxylic acids is 1. The highest BCUT2D eigenvalue weighted by molar-refractivity contribution is 7.91. The summed E-state index contributed by atoms with van der Waals surface area (Å²) in [4.78, 5) is 21.7. The van der Waals surface area contributed by atoms with E-state index in [0.717, 1.165) is 46.6 Å². The minimum absolute atomic E-state index is 0. The van der Waals surface area contributed by atoms with Crippen molar-refractivity contribution in [3.63, 3.8) is 0 Å². The molecule has 0 radical (unpaired) electrons. The first kappa shape index (κ1) is 28.2. The lowest BCUT2D eigenvalue weighted by Crippen LogP contribution is -2.39. The predicted octanol–water partition coefficient (Wildman–Crippen LogP) is 5.01. The van der Waals surface area contributed by atoms with Gasteiger partial charge in [0.05, 0.1) is 20.9 Å². The molecule has 34 heavy (non-hydrogen) atoms. The van der Waals surface area contributed by atoms with Gasteiger partial charge in [-0.3, -0.25) is 9.69 Å². The molecule has 3 rings (SSSR count). The van der Waals surface area contributed by atoms with Gasteiger partial charge in [-0.25, -0.2) is 17.8 Å². The molecule has 0 spiro atoms. The van der Waals surface area contributed by atoms with Crippen LogP contribution in [-0.4, -0.2) is 56.1 Å². The van der Waals surface area contributed by atoms with E-state index in [1.165, 1.54) is 23.5 Å². The van der Waals surface area contributed by atoms with E-state index in [1.807, 2.05) is 19.9 Å². The summed E-state index contributed by atoms with van der Waals surface area (Å²) in [7, 11) is -3.71. The molecule has 1 amide bonds. The van der Waals surface area contributed by atoms with Gasteiger partial charge in [0.25, 0.3) is 0 Å². The van der Waals surface area contributed by atoms with Gasteiger partial charge in [-0.1, -0.05) is 25.2 Å². The molecule has 0 bridgehead atoms. The van der Waals surface area contributed by atoms with E-state index in [2.05, 4.69) is 24.8 Å². The van der Waals surface area contributed by atoms with E-state index in [4.69, 9.17) is 4.98 Å². The van der Waals surface area contributed by atoms with Crippen molar-refractivity contribution in [1.82, 2.24) is 9.88 Å². The summed E-state index contributed by atoms with van der Waals surface area (Å²) in [6, 6.07) is 8.75. The van der Waals surface area contributed by atoms with Gasteiger partial charge in [-0.2, -0.15) is 0 Å². The highest BCUT2D eigenvalue weighted by Crippen LogP contribution is 2.31. The van der Waals surface area contributed by atoms with Crippen LogP contribution in [0.15, 0.2) is 41.3 Å². The lowest BCUT2D eigenvalue weighted by molar-refractivity contribution is -0.118. The molecule has 0 aliphatic rings. The van der Waals surface area contributed by atoms with E-state index in [9.17, 15) is 17.6 Å². The van der Waals surface area contributed by atoms with Gasteiger partial charge in [0.2, 0.25) is 5.91 Å². The molecule has 0 aliphatic carbocycles. The fourth-order valence-corrected chi connectivity index (χ4v) is 5.83. The number of likely N-dealkylation sites (N-methyl/N-ethyl adjacent to an activating group) is 1. The smallest absolute Gasteiger partial charge is 0.229 e. The van der Waals surface area contributed by atoms with Crippen LogP contribution >= 0.6 is 23.7 Å². The van der Waals surface area contributed by atoms with Crippen molar-refractivity contribution in [3.05, 3.63) is 53.3 Å². The van der Waals surface area contributed by atoms with Crippen molar-refractivity contribution in [2.24, 2.45) is 0 Å². The zero-order valence-corrected chi connectivity index (χ0v) is 22.3. The fraction of sp³-hybridized carbons (Fsp3) is 0.417. The molecule has 0 saturated heterocycles. The molecule has 0 atom stereocenters. The van der Waals surface area contributed by atoms with Crippen molar-refractivity contribution < 1.29 is 17.6 Å². The Hall–Kier alpha value is -2.07. The first-order valence-electron chi connectivity index (χ1n) is 11.0. The molecule has 186 valence electrons. The van der Waals surface area contributed by atoms with Crippen LogP contribution in [0.1, 0.15) is 31.4 Å². The quantitative estimate of drug-likeness (QED) is 0.346. The Balaban J connectivity index is 0.00000408. The highest BCUT2D eigenvalue weighted by Gasteiger charge is 2.24. The third kappa shape index (κ3) is 6.75. The molecule has 1 heterocycles. The summed E-state index contributed by atoms with van der Waals surface area (Å²) < 4.78 is 39.5. The molecule has 3 aromatic rings. The van der Waals surface area contributed by atoms with Crippen LogP contribution in [-0.2, 0) is 14.6 Å². The number of hydrogen-bond acceptors (Lipinski definition) is 6. The molecule has 0 aliphatic heterocycles. The van der Waals surface area contributed by atoms with Gasteiger partial charge < -0.3 is 4.90 Å². The first-order chi connectivity index (χ1) is 15.6. The third-order valence-electron chi connectivity index (χ3n) is 5.82. The maximum absolute atomic E-state index is 13.2. The molecular formula is C24H31ClFN3O3S2. The molecule has 10 heteroatoms. The van der Waals surface area contributed by atoms with Crippen molar-refractivity contribution in [2.75, 3.05) is 36.8 Å². The summed E-state index contributed by atoms with van der Waals surface area (Å²) in [6.07, 6.45) is -0.175. The lowest BCUT2D eigenvalue weighted by atomic mass is 10.1.